The van der Waals surface area contributed by atoms with Gasteiger partial charge in [0.15, 0.2) is 6.10 Å². The van der Waals surface area contributed by atoms with Crippen LogP contribution in [0.2, 0.25) is 0 Å². The number of methoxy groups -OCH3 is 1. The van der Waals surface area contributed by atoms with E-state index in [2.05, 4.69) is 4.74 Å². The Morgan fingerprint density at radius 2 is 1.81 bits per heavy atom. The molecule has 0 amide bonds. The van der Waals surface area contributed by atoms with E-state index in [-0.39, 0.29) is 0 Å². The molecule has 0 aliphatic rings. The van der Waals surface area contributed by atoms with E-state index in [9.17, 15) is 18.0 Å². The van der Waals surface area contributed by atoms with Crippen LogP contribution in [0.25, 0.3) is 0 Å². The average Bonchev–Trinajstić information content (AvgIpc) is 2.16. The third kappa shape index (κ3) is 2.26. The van der Waals surface area contributed by atoms with Gasteiger partial charge in [-0.2, -0.15) is 13.2 Å². The lowest BCUT2D eigenvalue weighted by Gasteiger charge is -2.38. The summed E-state index contributed by atoms with van der Waals surface area (Å²) in [4.78, 5) is 10.3. The number of alkyl halides is 3. The summed E-state index contributed by atoms with van der Waals surface area (Å²) in [5.74, 6) is -2.23. The Kier molecular flexibility index (Phi) is 4.68. The average molecular weight is 248 g/mol. The Labute approximate surface area is 87.9 Å². The number of hydrogen-bond donors (Lipinski definition) is 4. The maximum absolute atomic E-state index is 12.6. The van der Waals surface area contributed by atoms with E-state index in [4.69, 9.17) is 20.4 Å². The predicted octanol–water partition coefficient (Wildman–Crippen LogP) is -1.27. The largest absolute Gasteiger partial charge is 0.479 e. The molecule has 0 spiro atoms. The highest BCUT2D eigenvalue weighted by Gasteiger charge is 2.66. The van der Waals surface area contributed by atoms with Crippen molar-refractivity contribution in [2.45, 2.75) is 24.0 Å². The second-order valence-corrected chi connectivity index (χ2v) is 2.93. The van der Waals surface area contributed by atoms with E-state index in [1.54, 1.807) is 0 Å². The van der Waals surface area contributed by atoms with Gasteiger partial charge in [0.1, 0.15) is 6.10 Å². The summed E-state index contributed by atoms with van der Waals surface area (Å²) in [6, 6.07) is 0. The molecule has 0 unspecified atom stereocenters. The van der Waals surface area contributed by atoms with E-state index in [1.807, 2.05) is 0 Å². The summed E-state index contributed by atoms with van der Waals surface area (Å²) in [7, 11) is 0.471. The van der Waals surface area contributed by atoms with E-state index >= 15 is 0 Å². The summed E-state index contributed by atoms with van der Waals surface area (Å²) in [6.07, 6.45) is -11.1. The SMILES string of the molecule is CO[C@]([C@H](O)CO)([C@@H](O)C(=O)O)C(F)(F)F. The highest BCUT2D eigenvalue weighted by atomic mass is 19.4. The van der Waals surface area contributed by atoms with Crippen molar-refractivity contribution < 1.29 is 43.1 Å². The first-order valence-electron chi connectivity index (χ1n) is 3.96. The van der Waals surface area contributed by atoms with Gasteiger partial charge < -0.3 is 25.2 Å². The third-order valence-electron chi connectivity index (χ3n) is 2.09. The number of ether oxygens (including phenoxy) is 1. The maximum atomic E-state index is 12.6. The number of carboxylic acid groups (broad SMARTS) is 1. The van der Waals surface area contributed by atoms with Crippen molar-refractivity contribution in [1.29, 1.82) is 0 Å². The molecular formula is C7H11F3O6. The molecule has 0 saturated heterocycles. The number of halogens is 3. The van der Waals surface area contributed by atoms with Crippen LogP contribution < -0.4 is 0 Å². The van der Waals surface area contributed by atoms with Crippen molar-refractivity contribution in [2.24, 2.45) is 0 Å². The molecule has 0 bridgehead atoms. The molecule has 0 aliphatic heterocycles. The molecule has 0 rings (SSSR count). The van der Waals surface area contributed by atoms with Crippen LogP contribution in [0, 0.1) is 0 Å². The quantitative estimate of drug-likeness (QED) is 0.483. The smallest absolute Gasteiger partial charge is 0.423 e. The van der Waals surface area contributed by atoms with Crippen LogP contribution in [-0.2, 0) is 9.53 Å². The lowest BCUT2D eigenvalue weighted by molar-refractivity contribution is -0.328. The molecular weight excluding hydrogens is 237 g/mol. The molecule has 0 saturated carbocycles. The van der Waals surface area contributed by atoms with E-state index in [1.165, 1.54) is 0 Å². The molecule has 96 valence electrons. The van der Waals surface area contributed by atoms with Gasteiger partial charge in [0.2, 0.25) is 5.60 Å². The number of carboxylic acids is 1. The van der Waals surface area contributed by atoms with Crippen LogP contribution in [-0.4, -0.2) is 64.1 Å². The number of aliphatic hydroxyl groups excluding tert-OH is 3. The van der Waals surface area contributed by atoms with Gasteiger partial charge >= 0.3 is 12.1 Å². The van der Waals surface area contributed by atoms with Crippen molar-refractivity contribution >= 4 is 5.97 Å². The Hall–Kier alpha value is -0.900. The number of aliphatic hydroxyl groups is 3. The molecule has 0 fully saturated rings. The zero-order valence-corrected chi connectivity index (χ0v) is 8.10. The van der Waals surface area contributed by atoms with Gasteiger partial charge in [0.05, 0.1) is 6.61 Å². The first-order chi connectivity index (χ1) is 7.15. The molecule has 0 aromatic heterocycles. The highest BCUT2D eigenvalue weighted by molar-refractivity contribution is 5.74. The van der Waals surface area contributed by atoms with Gasteiger partial charge in [-0.3, -0.25) is 0 Å². The predicted molar refractivity (Wildman–Crippen MR) is 42.5 cm³/mol. The monoisotopic (exact) mass is 248 g/mol. The van der Waals surface area contributed by atoms with Crippen LogP contribution in [0.1, 0.15) is 0 Å². The van der Waals surface area contributed by atoms with Crippen molar-refractivity contribution in [2.75, 3.05) is 13.7 Å². The molecule has 0 radical (unpaired) electrons. The Morgan fingerprint density at radius 1 is 1.38 bits per heavy atom. The fraction of sp³-hybridized carbons (Fsp3) is 0.857. The van der Waals surface area contributed by atoms with Gasteiger partial charge in [0, 0.05) is 7.11 Å². The topological polar surface area (TPSA) is 107 Å². The number of hydrogen-bond acceptors (Lipinski definition) is 5. The molecule has 16 heavy (non-hydrogen) atoms. The zero-order valence-electron chi connectivity index (χ0n) is 8.10. The van der Waals surface area contributed by atoms with Crippen LogP contribution >= 0.6 is 0 Å². The van der Waals surface area contributed by atoms with E-state index in [0.717, 1.165) is 0 Å². The minimum Gasteiger partial charge on any atom is -0.479 e. The van der Waals surface area contributed by atoms with Gasteiger partial charge in [-0.05, 0) is 0 Å². The van der Waals surface area contributed by atoms with Gasteiger partial charge in [-0.1, -0.05) is 0 Å². The summed E-state index contributed by atoms with van der Waals surface area (Å²) in [5.41, 5.74) is -3.77. The van der Waals surface area contributed by atoms with Crippen LogP contribution in [0.4, 0.5) is 13.2 Å². The first kappa shape index (κ1) is 15.1. The summed E-state index contributed by atoms with van der Waals surface area (Å²) < 4.78 is 41.7. The Morgan fingerprint density at radius 3 is 2.00 bits per heavy atom. The molecule has 0 heterocycles. The summed E-state index contributed by atoms with van der Waals surface area (Å²) >= 11 is 0. The number of carbonyl (C=O) groups is 1. The molecule has 4 N–H and O–H groups in total. The lowest BCUT2D eigenvalue weighted by atomic mass is 9.89. The Balaban J connectivity index is 5.55. The second-order valence-electron chi connectivity index (χ2n) is 2.93. The minimum atomic E-state index is -5.37. The van der Waals surface area contributed by atoms with Crippen molar-refractivity contribution in [3.63, 3.8) is 0 Å². The summed E-state index contributed by atoms with van der Waals surface area (Å²) in [6.45, 7) is -1.42. The van der Waals surface area contributed by atoms with Crippen molar-refractivity contribution in [1.82, 2.24) is 0 Å². The Bertz CT molecular complexity index is 255. The molecule has 3 atom stereocenters. The number of aliphatic carboxylic acids is 1. The standard InChI is InChI=1S/C7H11F3O6/c1-16-6(3(12)2-11,7(8,9)10)4(13)5(14)15/h3-4,11-13H,2H2,1H3,(H,14,15)/t3-,4+,6-/m1/s1. The number of rotatable bonds is 5. The van der Waals surface area contributed by atoms with Crippen molar-refractivity contribution in [3.05, 3.63) is 0 Å². The zero-order chi connectivity index (χ0) is 13.1. The van der Waals surface area contributed by atoms with Crippen LogP contribution in [0.5, 0.6) is 0 Å². The van der Waals surface area contributed by atoms with Crippen molar-refractivity contribution in [3.8, 4) is 0 Å². The van der Waals surface area contributed by atoms with E-state index < -0.39 is 36.6 Å². The maximum Gasteiger partial charge on any atom is 0.423 e. The second kappa shape index (κ2) is 4.95. The van der Waals surface area contributed by atoms with Gasteiger partial charge in [0.25, 0.3) is 0 Å². The minimum absolute atomic E-state index is 0.471. The third-order valence-corrected chi connectivity index (χ3v) is 2.09. The molecule has 0 aromatic rings. The van der Waals surface area contributed by atoms with Crippen LogP contribution in [0.3, 0.4) is 0 Å². The summed E-state index contributed by atoms with van der Waals surface area (Å²) in [5, 5.41) is 34.8. The first-order valence-corrected chi connectivity index (χ1v) is 3.96. The van der Waals surface area contributed by atoms with E-state index in [0.29, 0.717) is 7.11 Å². The highest BCUT2D eigenvalue weighted by Crippen LogP contribution is 2.39. The van der Waals surface area contributed by atoms with Gasteiger partial charge in [-0.15, -0.1) is 0 Å². The lowest BCUT2D eigenvalue weighted by Crippen LogP contribution is -2.66. The molecule has 0 aromatic carbocycles. The fourth-order valence-electron chi connectivity index (χ4n) is 1.21. The van der Waals surface area contributed by atoms with Crippen LogP contribution in [0.15, 0.2) is 0 Å². The fourth-order valence-corrected chi connectivity index (χ4v) is 1.21. The molecule has 6 nitrogen and oxygen atoms in total. The molecule has 9 heteroatoms. The normalized spacial score (nSPS) is 19.9. The van der Waals surface area contributed by atoms with Gasteiger partial charge in [-0.25, -0.2) is 4.79 Å². The molecule has 0 aliphatic carbocycles.